The number of hydrogen-bond donors (Lipinski definition) is 2. The first-order chi connectivity index (χ1) is 9.31. The Kier molecular flexibility index (Phi) is 6.10. The standard InChI is InChI=1S/C14H22N2O2S2/c1-4-6-12(5-2)16-20(17,18)13-8-7-11(14(15)19)9-10(13)3/h7-9,12,16H,4-6H2,1-3H3,(H2,15,19). The van der Waals surface area contributed by atoms with Crippen molar-refractivity contribution in [3.63, 3.8) is 0 Å². The normalized spacial score (nSPS) is 13.2. The van der Waals surface area contributed by atoms with Gasteiger partial charge >= 0.3 is 0 Å². The highest BCUT2D eigenvalue weighted by atomic mass is 32.2. The van der Waals surface area contributed by atoms with E-state index in [4.69, 9.17) is 18.0 Å². The number of sulfonamides is 1. The molecule has 4 nitrogen and oxygen atoms in total. The minimum absolute atomic E-state index is 0.0281. The van der Waals surface area contributed by atoms with Gasteiger partial charge in [0.1, 0.15) is 4.99 Å². The van der Waals surface area contributed by atoms with Crippen LogP contribution in [0, 0.1) is 6.92 Å². The molecule has 0 saturated heterocycles. The quantitative estimate of drug-likeness (QED) is 0.759. The van der Waals surface area contributed by atoms with Crippen LogP contribution < -0.4 is 10.5 Å². The number of rotatable bonds is 7. The van der Waals surface area contributed by atoms with Gasteiger partial charge in [0.25, 0.3) is 0 Å². The van der Waals surface area contributed by atoms with Crippen molar-refractivity contribution in [2.45, 2.75) is 51.0 Å². The number of nitrogens with one attached hydrogen (secondary N) is 1. The third-order valence-corrected chi connectivity index (χ3v) is 5.12. The predicted molar refractivity (Wildman–Crippen MR) is 86.4 cm³/mol. The zero-order chi connectivity index (χ0) is 15.3. The lowest BCUT2D eigenvalue weighted by molar-refractivity contribution is 0.512. The molecule has 0 heterocycles. The zero-order valence-electron chi connectivity index (χ0n) is 12.1. The first-order valence-corrected chi connectivity index (χ1v) is 8.63. The largest absolute Gasteiger partial charge is 0.389 e. The van der Waals surface area contributed by atoms with E-state index in [1.807, 2.05) is 13.8 Å². The average molecular weight is 314 g/mol. The Hall–Kier alpha value is -0.980. The van der Waals surface area contributed by atoms with Crippen molar-refractivity contribution in [2.24, 2.45) is 5.73 Å². The first-order valence-electron chi connectivity index (χ1n) is 6.74. The molecule has 20 heavy (non-hydrogen) atoms. The molecule has 1 atom stereocenters. The van der Waals surface area contributed by atoms with Gasteiger partial charge < -0.3 is 5.73 Å². The zero-order valence-corrected chi connectivity index (χ0v) is 13.8. The number of aryl methyl sites for hydroxylation is 1. The van der Waals surface area contributed by atoms with Crippen LogP contribution in [0.2, 0.25) is 0 Å². The van der Waals surface area contributed by atoms with Crippen molar-refractivity contribution >= 4 is 27.2 Å². The molecule has 0 amide bonds. The summed E-state index contributed by atoms with van der Waals surface area (Å²) in [5.41, 5.74) is 6.88. The fourth-order valence-electron chi connectivity index (χ4n) is 2.08. The van der Waals surface area contributed by atoms with Crippen molar-refractivity contribution in [1.82, 2.24) is 4.72 Å². The third-order valence-electron chi connectivity index (χ3n) is 3.20. The summed E-state index contributed by atoms with van der Waals surface area (Å²) in [5, 5.41) is 0. The van der Waals surface area contributed by atoms with Gasteiger partial charge in [0, 0.05) is 11.6 Å². The van der Waals surface area contributed by atoms with E-state index in [0.29, 0.717) is 11.1 Å². The lowest BCUT2D eigenvalue weighted by Gasteiger charge is -2.17. The Labute approximate surface area is 126 Å². The SMILES string of the molecule is CCCC(CC)NS(=O)(=O)c1ccc(C(N)=S)cc1C. The summed E-state index contributed by atoms with van der Waals surface area (Å²) in [6.07, 6.45) is 2.55. The molecule has 0 spiro atoms. The number of benzene rings is 1. The summed E-state index contributed by atoms with van der Waals surface area (Å²) in [4.78, 5) is 0.550. The molecule has 0 aliphatic rings. The van der Waals surface area contributed by atoms with Gasteiger partial charge in [0.2, 0.25) is 10.0 Å². The van der Waals surface area contributed by atoms with Gasteiger partial charge in [-0.2, -0.15) is 0 Å². The molecule has 0 radical (unpaired) electrons. The molecule has 0 aliphatic carbocycles. The number of nitrogens with two attached hydrogens (primary N) is 1. The molecule has 112 valence electrons. The summed E-state index contributed by atoms with van der Waals surface area (Å²) >= 11 is 4.89. The van der Waals surface area contributed by atoms with Crippen molar-refractivity contribution in [3.05, 3.63) is 29.3 Å². The van der Waals surface area contributed by atoms with Crippen LogP contribution in [0.5, 0.6) is 0 Å². The van der Waals surface area contributed by atoms with Crippen LogP contribution in [0.4, 0.5) is 0 Å². The maximum atomic E-state index is 12.4. The van der Waals surface area contributed by atoms with Crippen molar-refractivity contribution in [2.75, 3.05) is 0 Å². The molecule has 1 aromatic rings. The summed E-state index contributed by atoms with van der Waals surface area (Å²) in [7, 11) is -3.50. The second kappa shape index (κ2) is 7.15. The average Bonchev–Trinajstić information content (AvgIpc) is 2.37. The molecular formula is C14H22N2O2S2. The molecule has 0 aromatic heterocycles. The maximum Gasteiger partial charge on any atom is 0.241 e. The van der Waals surface area contributed by atoms with E-state index in [1.54, 1.807) is 25.1 Å². The fourth-order valence-corrected chi connectivity index (χ4v) is 3.79. The first kappa shape index (κ1) is 17.1. The topological polar surface area (TPSA) is 72.2 Å². The Bertz CT molecular complexity index is 583. The van der Waals surface area contributed by atoms with Gasteiger partial charge in [-0.1, -0.05) is 38.6 Å². The van der Waals surface area contributed by atoms with Crippen molar-refractivity contribution in [3.8, 4) is 0 Å². The fraction of sp³-hybridized carbons (Fsp3) is 0.500. The minimum Gasteiger partial charge on any atom is -0.389 e. The third kappa shape index (κ3) is 4.26. The summed E-state index contributed by atoms with van der Waals surface area (Å²) in [5.74, 6) is 0. The lowest BCUT2D eigenvalue weighted by atomic mass is 10.1. The van der Waals surface area contributed by atoms with Crippen molar-refractivity contribution < 1.29 is 8.42 Å². The highest BCUT2D eigenvalue weighted by Gasteiger charge is 2.20. The highest BCUT2D eigenvalue weighted by molar-refractivity contribution is 7.89. The molecule has 0 fully saturated rings. The molecule has 0 saturated carbocycles. The van der Waals surface area contributed by atoms with Gasteiger partial charge in [-0.3, -0.25) is 0 Å². The second-order valence-electron chi connectivity index (χ2n) is 4.86. The number of thiocarbonyl (C=S) groups is 1. The van der Waals surface area contributed by atoms with Gasteiger partial charge in [0.15, 0.2) is 0 Å². The summed E-state index contributed by atoms with van der Waals surface area (Å²) < 4.78 is 27.6. The van der Waals surface area contributed by atoms with Gasteiger partial charge in [-0.15, -0.1) is 0 Å². The van der Waals surface area contributed by atoms with E-state index >= 15 is 0 Å². The second-order valence-corrected chi connectivity index (χ2v) is 6.98. The van der Waals surface area contributed by atoms with Crippen molar-refractivity contribution in [1.29, 1.82) is 0 Å². The van der Waals surface area contributed by atoms with E-state index in [0.717, 1.165) is 19.3 Å². The summed E-state index contributed by atoms with van der Waals surface area (Å²) in [6.45, 7) is 5.77. The van der Waals surface area contributed by atoms with Crippen LogP contribution in [-0.4, -0.2) is 19.4 Å². The van der Waals surface area contributed by atoms with Crippen LogP contribution in [0.1, 0.15) is 44.2 Å². The van der Waals surface area contributed by atoms with Crippen LogP contribution in [0.3, 0.4) is 0 Å². The van der Waals surface area contributed by atoms with E-state index < -0.39 is 10.0 Å². The Morgan fingerprint density at radius 2 is 2.05 bits per heavy atom. The molecule has 1 rings (SSSR count). The highest BCUT2D eigenvalue weighted by Crippen LogP contribution is 2.18. The van der Waals surface area contributed by atoms with Crippen LogP contribution >= 0.6 is 12.2 Å². The molecular weight excluding hydrogens is 292 g/mol. The lowest BCUT2D eigenvalue weighted by Crippen LogP contribution is -2.34. The van der Waals surface area contributed by atoms with Gasteiger partial charge in [-0.05, 0) is 37.5 Å². The molecule has 6 heteroatoms. The van der Waals surface area contributed by atoms with E-state index in [-0.39, 0.29) is 15.9 Å². The smallest absolute Gasteiger partial charge is 0.241 e. The van der Waals surface area contributed by atoms with Gasteiger partial charge in [0.05, 0.1) is 4.90 Å². The van der Waals surface area contributed by atoms with Crippen LogP contribution in [0.25, 0.3) is 0 Å². The molecule has 1 aromatic carbocycles. The number of hydrogen-bond acceptors (Lipinski definition) is 3. The van der Waals surface area contributed by atoms with Crippen LogP contribution in [0.15, 0.2) is 23.1 Å². The Morgan fingerprint density at radius 1 is 1.40 bits per heavy atom. The predicted octanol–water partition coefficient (Wildman–Crippen LogP) is 2.49. The summed E-state index contributed by atoms with van der Waals surface area (Å²) in [6, 6.07) is 4.88. The maximum absolute atomic E-state index is 12.4. The molecule has 3 N–H and O–H groups in total. The minimum atomic E-state index is -3.50. The van der Waals surface area contributed by atoms with E-state index in [1.165, 1.54) is 0 Å². The Balaban J connectivity index is 3.06. The molecule has 0 bridgehead atoms. The molecule has 1 unspecified atom stereocenters. The molecule has 0 aliphatic heterocycles. The van der Waals surface area contributed by atoms with E-state index in [9.17, 15) is 8.42 Å². The van der Waals surface area contributed by atoms with E-state index in [2.05, 4.69) is 4.72 Å². The monoisotopic (exact) mass is 314 g/mol. The Morgan fingerprint density at radius 3 is 2.50 bits per heavy atom. The van der Waals surface area contributed by atoms with Crippen LogP contribution in [-0.2, 0) is 10.0 Å². The van der Waals surface area contributed by atoms with Gasteiger partial charge in [-0.25, -0.2) is 13.1 Å².